The summed E-state index contributed by atoms with van der Waals surface area (Å²) in [5, 5.41) is 12.1. The van der Waals surface area contributed by atoms with E-state index in [-0.39, 0.29) is 11.9 Å². The van der Waals surface area contributed by atoms with E-state index in [9.17, 15) is 4.79 Å². The third kappa shape index (κ3) is 3.50. The Balaban J connectivity index is 1.52. The van der Waals surface area contributed by atoms with Gasteiger partial charge in [-0.2, -0.15) is 9.90 Å². The first kappa shape index (κ1) is 17.5. The zero-order chi connectivity index (χ0) is 19.0. The zero-order valence-electron chi connectivity index (χ0n) is 16.0. The lowest BCUT2D eigenvalue weighted by Crippen LogP contribution is -2.39. The largest absolute Gasteiger partial charge is 0.348 e. The number of hydrogen-bond donors (Lipinski definition) is 1. The second-order valence-corrected chi connectivity index (χ2v) is 7.40. The van der Waals surface area contributed by atoms with Crippen molar-refractivity contribution in [2.24, 2.45) is 0 Å². The number of nitrogens with zero attached hydrogens (tertiary/aromatic N) is 3. The Morgan fingerprint density at radius 3 is 2.63 bits per heavy atom. The molecule has 1 aliphatic rings. The van der Waals surface area contributed by atoms with Crippen LogP contribution >= 0.6 is 0 Å². The molecule has 4 rings (SSSR count). The van der Waals surface area contributed by atoms with Crippen LogP contribution in [0.1, 0.15) is 44.9 Å². The fourth-order valence-corrected chi connectivity index (χ4v) is 3.80. The number of benzene rings is 2. The number of hydrogen-bond acceptors (Lipinski definition) is 3. The average Bonchev–Trinajstić information content (AvgIpc) is 3.03. The molecule has 1 aliphatic carbocycles. The van der Waals surface area contributed by atoms with Crippen LogP contribution in [0.4, 0.5) is 0 Å². The molecule has 27 heavy (non-hydrogen) atoms. The molecule has 1 unspecified atom stereocenters. The van der Waals surface area contributed by atoms with Crippen LogP contribution in [0.15, 0.2) is 42.5 Å². The predicted octanol–water partition coefficient (Wildman–Crippen LogP) is 3.48. The SMILES string of the molecule is Cc1ccc(-n2nc(C)c(C(=O)NC3CCc4ccccc4C3)n2)c(C)c1. The predicted molar refractivity (Wildman–Crippen MR) is 105 cm³/mol. The average molecular weight is 360 g/mol. The van der Waals surface area contributed by atoms with Crippen LogP contribution in [0.2, 0.25) is 0 Å². The minimum Gasteiger partial charge on any atom is -0.348 e. The second kappa shape index (κ2) is 6.99. The number of nitrogens with one attached hydrogen (secondary N) is 1. The highest BCUT2D eigenvalue weighted by Crippen LogP contribution is 2.21. The molecule has 0 spiro atoms. The fraction of sp³-hybridized carbons (Fsp3) is 0.318. The lowest BCUT2D eigenvalue weighted by Gasteiger charge is -2.25. The maximum Gasteiger partial charge on any atom is 0.273 e. The molecule has 1 amide bonds. The van der Waals surface area contributed by atoms with E-state index in [0.29, 0.717) is 11.4 Å². The summed E-state index contributed by atoms with van der Waals surface area (Å²) in [4.78, 5) is 14.4. The molecule has 1 heterocycles. The van der Waals surface area contributed by atoms with Gasteiger partial charge in [-0.1, -0.05) is 42.0 Å². The summed E-state index contributed by atoms with van der Waals surface area (Å²) < 4.78 is 0. The van der Waals surface area contributed by atoms with Crippen LogP contribution < -0.4 is 5.32 Å². The van der Waals surface area contributed by atoms with Gasteiger partial charge in [0.2, 0.25) is 0 Å². The molecule has 1 N–H and O–H groups in total. The van der Waals surface area contributed by atoms with Gasteiger partial charge in [-0.05, 0) is 62.8 Å². The third-order valence-electron chi connectivity index (χ3n) is 5.25. The van der Waals surface area contributed by atoms with Gasteiger partial charge in [-0.15, -0.1) is 5.10 Å². The van der Waals surface area contributed by atoms with Crippen LogP contribution in [0, 0.1) is 20.8 Å². The molecule has 0 bridgehead atoms. The van der Waals surface area contributed by atoms with Crippen molar-refractivity contribution in [3.8, 4) is 5.69 Å². The normalized spacial score (nSPS) is 16.0. The van der Waals surface area contributed by atoms with Gasteiger partial charge in [0, 0.05) is 6.04 Å². The molecule has 1 aromatic heterocycles. The minimum atomic E-state index is -0.145. The minimum absolute atomic E-state index is 0.137. The van der Waals surface area contributed by atoms with E-state index in [1.807, 2.05) is 26.0 Å². The molecule has 0 radical (unpaired) electrons. The number of carbonyl (C=O) groups is 1. The van der Waals surface area contributed by atoms with Gasteiger partial charge in [-0.3, -0.25) is 4.79 Å². The third-order valence-corrected chi connectivity index (χ3v) is 5.25. The number of rotatable bonds is 3. The van der Waals surface area contributed by atoms with E-state index in [4.69, 9.17) is 0 Å². The molecule has 138 valence electrons. The van der Waals surface area contributed by atoms with E-state index < -0.39 is 0 Å². The van der Waals surface area contributed by atoms with Gasteiger partial charge in [0.25, 0.3) is 5.91 Å². The summed E-state index contributed by atoms with van der Waals surface area (Å²) in [5.74, 6) is -0.145. The van der Waals surface area contributed by atoms with Gasteiger partial charge < -0.3 is 5.32 Å². The first-order chi connectivity index (χ1) is 13.0. The van der Waals surface area contributed by atoms with E-state index in [2.05, 4.69) is 52.8 Å². The number of amides is 1. The van der Waals surface area contributed by atoms with Crippen molar-refractivity contribution in [3.63, 3.8) is 0 Å². The first-order valence-corrected chi connectivity index (χ1v) is 9.40. The van der Waals surface area contributed by atoms with Gasteiger partial charge in [0.05, 0.1) is 11.4 Å². The van der Waals surface area contributed by atoms with E-state index in [1.165, 1.54) is 16.7 Å². The van der Waals surface area contributed by atoms with Crippen molar-refractivity contribution in [3.05, 3.63) is 76.1 Å². The van der Waals surface area contributed by atoms with E-state index in [0.717, 1.165) is 30.5 Å². The van der Waals surface area contributed by atoms with Crippen molar-refractivity contribution in [1.29, 1.82) is 0 Å². The number of aromatic nitrogens is 3. The van der Waals surface area contributed by atoms with Crippen LogP contribution in [0.3, 0.4) is 0 Å². The van der Waals surface area contributed by atoms with Crippen LogP contribution in [0.25, 0.3) is 5.69 Å². The summed E-state index contributed by atoms with van der Waals surface area (Å²) in [6.07, 6.45) is 2.81. The Morgan fingerprint density at radius 1 is 1.07 bits per heavy atom. The molecule has 0 aliphatic heterocycles. The standard InChI is InChI=1S/C22H24N4O/c1-14-8-11-20(15(2)12-14)26-24-16(3)21(25-26)22(27)23-19-10-9-17-6-4-5-7-18(17)13-19/h4-8,11-12,19H,9-10,13H2,1-3H3,(H,23,27). The first-order valence-electron chi connectivity index (χ1n) is 9.40. The smallest absolute Gasteiger partial charge is 0.273 e. The molecule has 0 fully saturated rings. The number of fused-ring (bicyclic) bond motifs is 1. The molecular weight excluding hydrogens is 336 g/mol. The Hall–Kier alpha value is -2.95. The van der Waals surface area contributed by atoms with Crippen molar-refractivity contribution < 1.29 is 4.79 Å². The molecule has 5 heteroatoms. The van der Waals surface area contributed by atoms with Gasteiger partial charge in [0.1, 0.15) is 0 Å². The molecule has 2 aromatic carbocycles. The summed E-state index contributed by atoms with van der Waals surface area (Å²) in [6, 6.07) is 14.7. The Labute approximate surface area is 159 Å². The Kier molecular flexibility index (Phi) is 4.52. The van der Waals surface area contributed by atoms with Crippen molar-refractivity contribution in [2.45, 2.75) is 46.1 Å². The second-order valence-electron chi connectivity index (χ2n) is 7.40. The summed E-state index contributed by atoms with van der Waals surface area (Å²) in [6.45, 7) is 5.91. The molecule has 1 atom stereocenters. The van der Waals surface area contributed by atoms with Gasteiger partial charge >= 0.3 is 0 Å². The van der Waals surface area contributed by atoms with Crippen LogP contribution in [-0.4, -0.2) is 26.9 Å². The van der Waals surface area contributed by atoms with E-state index in [1.54, 1.807) is 4.80 Å². The van der Waals surface area contributed by atoms with Crippen molar-refractivity contribution in [1.82, 2.24) is 20.3 Å². The van der Waals surface area contributed by atoms with Crippen LogP contribution in [0.5, 0.6) is 0 Å². The zero-order valence-corrected chi connectivity index (χ0v) is 16.0. The maximum absolute atomic E-state index is 12.8. The van der Waals surface area contributed by atoms with Crippen molar-refractivity contribution in [2.75, 3.05) is 0 Å². The molecule has 0 saturated heterocycles. The highest BCUT2D eigenvalue weighted by Gasteiger charge is 2.23. The lowest BCUT2D eigenvalue weighted by molar-refractivity contribution is 0.0927. The number of carbonyl (C=O) groups excluding carboxylic acids is 1. The molecule has 3 aromatic rings. The maximum atomic E-state index is 12.8. The molecule has 5 nitrogen and oxygen atoms in total. The van der Waals surface area contributed by atoms with Gasteiger partial charge in [0.15, 0.2) is 5.69 Å². The highest BCUT2D eigenvalue weighted by atomic mass is 16.2. The number of aryl methyl sites for hydroxylation is 4. The lowest BCUT2D eigenvalue weighted by atomic mass is 9.88. The molecule has 0 saturated carbocycles. The summed E-state index contributed by atoms with van der Waals surface area (Å²) >= 11 is 0. The summed E-state index contributed by atoms with van der Waals surface area (Å²) in [7, 11) is 0. The monoisotopic (exact) mass is 360 g/mol. The summed E-state index contributed by atoms with van der Waals surface area (Å²) in [5.41, 5.74) is 6.92. The topological polar surface area (TPSA) is 59.8 Å². The Morgan fingerprint density at radius 2 is 1.85 bits per heavy atom. The van der Waals surface area contributed by atoms with Crippen LogP contribution in [-0.2, 0) is 12.8 Å². The fourth-order valence-electron chi connectivity index (χ4n) is 3.80. The molecular formula is C22H24N4O. The van der Waals surface area contributed by atoms with Gasteiger partial charge in [-0.25, -0.2) is 0 Å². The van der Waals surface area contributed by atoms with Crippen molar-refractivity contribution >= 4 is 5.91 Å². The van der Waals surface area contributed by atoms with E-state index >= 15 is 0 Å². The highest BCUT2D eigenvalue weighted by molar-refractivity contribution is 5.93. The quantitative estimate of drug-likeness (QED) is 0.778. The Bertz CT molecular complexity index is 1010.